The molecule has 0 aromatic heterocycles. The number of carbonyl (C=O) groups is 1. The van der Waals surface area contributed by atoms with Gasteiger partial charge < -0.3 is 4.90 Å². The molecule has 2 aromatic carbocycles. The van der Waals surface area contributed by atoms with Gasteiger partial charge in [-0.25, -0.2) is 8.42 Å². The van der Waals surface area contributed by atoms with Gasteiger partial charge in [-0.05, 0) is 48.9 Å². The normalized spacial score (nSPS) is 16.9. The van der Waals surface area contributed by atoms with Gasteiger partial charge in [-0.15, -0.1) is 11.8 Å². The third-order valence-electron chi connectivity index (χ3n) is 4.11. The molecule has 1 aliphatic heterocycles. The minimum Gasteiger partial charge on any atom is -0.310 e. The van der Waals surface area contributed by atoms with Gasteiger partial charge in [0.2, 0.25) is 5.91 Å². The summed E-state index contributed by atoms with van der Waals surface area (Å²) < 4.78 is 28.2. The molecule has 2 aromatic rings. The zero-order valence-electron chi connectivity index (χ0n) is 14.6. The molecule has 0 fully saturated rings. The van der Waals surface area contributed by atoms with Crippen LogP contribution >= 0.6 is 23.4 Å². The molecule has 1 aliphatic rings. The summed E-state index contributed by atoms with van der Waals surface area (Å²) in [5.74, 6) is -0.102. The van der Waals surface area contributed by atoms with Gasteiger partial charge in [-0.3, -0.25) is 9.52 Å². The lowest BCUT2D eigenvalue weighted by Crippen LogP contribution is -2.37. The Morgan fingerprint density at radius 2 is 2.00 bits per heavy atom. The number of amides is 1. The second-order valence-electron chi connectivity index (χ2n) is 6.25. The van der Waals surface area contributed by atoms with Crippen molar-refractivity contribution in [3.63, 3.8) is 0 Å². The maximum atomic E-state index is 12.8. The topological polar surface area (TPSA) is 66.5 Å². The summed E-state index contributed by atoms with van der Waals surface area (Å²) in [7, 11) is -3.79. The fourth-order valence-electron chi connectivity index (χ4n) is 2.83. The minimum absolute atomic E-state index is 0.102. The van der Waals surface area contributed by atoms with Crippen LogP contribution in [0.5, 0.6) is 0 Å². The van der Waals surface area contributed by atoms with Crippen LogP contribution in [0.1, 0.15) is 19.4 Å². The van der Waals surface area contributed by atoms with Crippen molar-refractivity contribution < 1.29 is 13.2 Å². The van der Waals surface area contributed by atoms with Crippen LogP contribution in [0.3, 0.4) is 0 Å². The molecule has 26 heavy (non-hydrogen) atoms. The van der Waals surface area contributed by atoms with Crippen LogP contribution in [0.4, 0.5) is 11.4 Å². The zero-order chi connectivity index (χ0) is 19.1. The lowest BCUT2D eigenvalue weighted by Gasteiger charge is -2.32. The summed E-state index contributed by atoms with van der Waals surface area (Å²) in [5.41, 5.74) is 1.84. The average Bonchev–Trinajstić information content (AvgIpc) is 2.56. The van der Waals surface area contributed by atoms with Crippen molar-refractivity contribution in [1.29, 1.82) is 0 Å². The zero-order valence-corrected chi connectivity index (χ0v) is 17.0. The number of thioether (sulfide) groups is 1. The molecular weight excluding hydrogens is 392 g/mol. The van der Waals surface area contributed by atoms with Gasteiger partial charge in [0.25, 0.3) is 10.0 Å². The lowest BCUT2D eigenvalue weighted by molar-refractivity contribution is -0.116. The van der Waals surface area contributed by atoms with Gasteiger partial charge >= 0.3 is 0 Å². The standard InChI is InChI=1S/C18H19ClN2O3S2/c1-11-8-14(19)4-6-16(11)20-26(23,24)15-5-7-18-17(9-15)21(13(3)22)10-12(2)25-18/h4-9,12,20H,10H2,1-3H3. The molecule has 1 heterocycles. The highest BCUT2D eigenvalue weighted by atomic mass is 35.5. The van der Waals surface area contributed by atoms with Crippen LogP contribution < -0.4 is 9.62 Å². The number of rotatable bonds is 3. The first-order valence-corrected chi connectivity index (χ1v) is 10.8. The number of hydrogen-bond donors (Lipinski definition) is 1. The predicted octanol–water partition coefficient (Wildman–Crippen LogP) is 4.30. The Morgan fingerprint density at radius 3 is 2.65 bits per heavy atom. The van der Waals surface area contributed by atoms with Crippen molar-refractivity contribution in [2.45, 2.75) is 35.8 Å². The van der Waals surface area contributed by atoms with Crippen LogP contribution in [-0.2, 0) is 14.8 Å². The molecule has 8 heteroatoms. The molecule has 3 rings (SSSR count). The van der Waals surface area contributed by atoms with E-state index >= 15 is 0 Å². The molecule has 0 saturated carbocycles. The third-order valence-corrected chi connectivity index (χ3v) is 6.86. The third kappa shape index (κ3) is 3.84. The highest BCUT2D eigenvalue weighted by molar-refractivity contribution is 8.00. The van der Waals surface area contributed by atoms with E-state index < -0.39 is 10.0 Å². The number of halogens is 1. The van der Waals surface area contributed by atoms with Crippen LogP contribution in [0.25, 0.3) is 0 Å². The van der Waals surface area contributed by atoms with Crippen molar-refractivity contribution in [2.75, 3.05) is 16.2 Å². The molecule has 5 nitrogen and oxygen atoms in total. The van der Waals surface area contributed by atoms with E-state index in [0.717, 1.165) is 10.5 Å². The Balaban J connectivity index is 1.98. The monoisotopic (exact) mass is 410 g/mol. The van der Waals surface area contributed by atoms with Crippen molar-refractivity contribution in [1.82, 2.24) is 0 Å². The van der Waals surface area contributed by atoms with Gasteiger partial charge in [0.05, 0.1) is 16.3 Å². The van der Waals surface area contributed by atoms with E-state index in [9.17, 15) is 13.2 Å². The number of nitrogens with one attached hydrogen (secondary N) is 1. The molecule has 1 N–H and O–H groups in total. The van der Waals surface area contributed by atoms with Gasteiger partial charge in [0.15, 0.2) is 0 Å². The molecule has 0 spiro atoms. The van der Waals surface area contributed by atoms with Gasteiger partial charge in [0, 0.05) is 28.6 Å². The molecule has 1 atom stereocenters. The van der Waals surface area contributed by atoms with Crippen molar-refractivity contribution in [3.8, 4) is 0 Å². The summed E-state index contributed by atoms with van der Waals surface area (Å²) in [6, 6.07) is 9.84. The van der Waals surface area contributed by atoms with Crippen LogP contribution in [-0.4, -0.2) is 26.1 Å². The Hall–Kier alpha value is -1.70. The SMILES string of the molecule is CC(=O)N1CC(C)Sc2ccc(S(=O)(=O)Nc3ccc(Cl)cc3C)cc21. The van der Waals surface area contributed by atoms with Gasteiger partial charge in [0.1, 0.15) is 0 Å². The Morgan fingerprint density at radius 1 is 1.27 bits per heavy atom. The summed E-state index contributed by atoms with van der Waals surface area (Å²) in [6.07, 6.45) is 0. The van der Waals surface area contributed by atoms with E-state index in [1.54, 1.807) is 60.0 Å². The first-order chi connectivity index (χ1) is 12.2. The van der Waals surface area contributed by atoms with Crippen LogP contribution in [0.2, 0.25) is 5.02 Å². The summed E-state index contributed by atoms with van der Waals surface area (Å²) >= 11 is 7.56. The molecule has 1 unspecified atom stereocenters. The van der Waals surface area contributed by atoms with E-state index in [2.05, 4.69) is 4.72 Å². The molecule has 1 amide bonds. The Labute approximate surface area is 162 Å². The van der Waals surface area contributed by atoms with E-state index in [1.165, 1.54) is 6.92 Å². The molecule has 138 valence electrons. The maximum Gasteiger partial charge on any atom is 0.261 e. The number of anilines is 2. The van der Waals surface area contributed by atoms with Crippen molar-refractivity contribution in [2.24, 2.45) is 0 Å². The van der Waals surface area contributed by atoms with Crippen molar-refractivity contribution in [3.05, 3.63) is 47.0 Å². The molecule has 0 saturated heterocycles. The summed E-state index contributed by atoms with van der Waals surface area (Å²) in [4.78, 5) is 14.6. The van der Waals surface area contributed by atoms with E-state index in [-0.39, 0.29) is 16.1 Å². The van der Waals surface area contributed by atoms with E-state index in [1.807, 2.05) is 6.92 Å². The summed E-state index contributed by atoms with van der Waals surface area (Å²) in [5, 5.41) is 0.797. The number of benzene rings is 2. The Kier molecular flexibility index (Phi) is 5.23. The first-order valence-electron chi connectivity index (χ1n) is 8.05. The molecule has 0 aliphatic carbocycles. The average molecular weight is 411 g/mol. The minimum atomic E-state index is -3.79. The maximum absolute atomic E-state index is 12.8. The second kappa shape index (κ2) is 7.13. The number of nitrogens with zero attached hydrogens (tertiary/aromatic N) is 1. The lowest BCUT2D eigenvalue weighted by atomic mass is 10.2. The fourth-order valence-corrected chi connectivity index (χ4v) is 5.30. The number of sulfonamides is 1. The molecular formula is C18H19ClN2O3S2. The van der Waals surface area contributed by atoms with E-state index in [0.29, 0.717) is 22.9 Å². The van der Waals surface area contributed by atoms with E-state index in [4.69, 9.17) is 11.6 Å². The second-order valence-corrected chi connectivity index (χ2v) is 9.85. The highest BCUT2D eigenvalue weighted by Gasteiger charge is 2.27. The smallest absolute Gasteiger partial charge is 0.261 e. The molecule has 0 radical (unpaired) electrons. The summed E-state index contributed by atoms with van der Waals surface area (Å²) in [6.45, 7) is 5.87. The van der Waals surface area contributed by atoms with Gasteiger partial charge in [-0.2, -0.15) is 0 Å². The predicted molar refractivity (Wildman–Crippen MR) is 107 cm³/mol. The number of aryl methyl sites for hydroxylation is 1. The quantitative estimate of drug-likeness (QED) is 0.819. The number of fused-ring (bicyclic) bond motifs is 1. The van der Waals surface area contributed by atoms with Crippen LogP contribution in [0.15, 0.2) is 46.2 Å². The number of carbonyl (C=O) groups excluding carboxylic acids is 1. The Bertz CT molecular complexity index is 976. The highest BCUT2D eigenvalue weighted by Crippen LogP contribution is 2.40. The molecule has 0 bridgehead atoms. The first kappa shape index (κ1) is 19.1. The van der Waals surface area contributed by atoms with Crippen LogP contribution in [0, 0.1) is 6.92 Å². The van der Waals surface area contributed by atoms with Gasteiger partial charge in [-0.1, -0.05) is 18.5 Å². The largest absolute Gasteiger partial charge is 0.310 e. The number of hydrogen-bond acceptors (Lipinski definition) is 4. The van der Waals surface area contributed by atoms with Crippen molar-refractivity contribution >= 4 is 50.7 Å². The fraction of sp³-hybridized carbons (Fsp3) is 0.278.